The predicted octanol–water partition coefficient (Wildman–Crippen LogP) is -2.15. The second kappa shape index (κ2) is 4.99. The van der Waals surface area contributed by atoms with E-state index in [1.807, 2.05) is 0 Å². The first-order valence-corrected chi connectivity index (χ1v) is 2.53. The maximum absolute atomic E-state index is 8.64. The fourth-order valence-corrected chi connectivity index (χ4v) is 0.314. The van der Waals surface area contributed by atoms with E-state index in [4.69, 9.17) is 15.9 Å². The van der Waals surface area contributed by atoms with Crippen molar-refractivity contribution in [2.45, 2.75) is 6.23 Å². The number of nitrogens with one attached hydrogen (secondary N) is 1. The van der Waals surface area contributed by atoms with Crippen LogP contribution in [0, 0.1) is 0 Å². The lowest BCUT2D eigenvalue weighted by Crippen LogP contribution is -2.37. The lowest BCUT2D eigenvalue weighted by Gasteiger charge is -2.06. The fraction of sp³-hybridized carbons (Fsp3) is 1.00. The zero-order valence-electron chi connectivity index (χ0n) is 4.67. The number of hydrogen-bond donors (Lipinski definition) is 4. The average molecular weight is 120 g/mol. The Labute approximate surface area is 48.3 Å². The van der Waals surface area contributed by atoms with Crippen LogP contribution in [-0.4, -0.2) is 36.1 Å². The first kappa shape index (κ1) is 7.84. The van der Waals surface area contributed by atoms with Crippen molar-refractivity contribution in [2.24, 2.45) is 5.73 Å². The zero-order chi connectivity index (χ0) is 6.41. The summed E-state index contributed by atoms with van der Waals surface area (Å²) in [5.74, 6) is 0. The molecule has 0 heterocycles. The van der Waals surface area contributed by atoms with Gasteiger partial charge in [0, 0.05) is 13.1 Å². The summed E-state index contributed by atoms with van der Waals surface area (Å²) in [6.45, 7) is 0.593. The standard InChI is InChI=1S/C4H12N2O2/c5-3-4(8)6-1-2-7/h4,6-8H,1-3,5H2. The molecular formula is C4H12N2O2. The minimum Gasteiger partial charge on any atom is -0.395 e. The predicted molar refractivity (Wildman–Crippen MR) is 30.1 cm³/mol. The summed E-state index contributed by atoms with van der Waals surface area (Å²) in [7, 11) is 0. The zero-order valence-corrected chi connectivity index (χ0v) is 4.67. The molecule has 0 spiro atoms. The summed E-state index contributed by atoms with van der Waals surface area (Å²) in [6, 6.07) is 0. The third-order valence-electron chi connectivity index (χ3n) is 0.715. The first-order valence-electron chi connectivity index (χ1n) is 2.53. The Kier molecular flexibility index (Phi) is 4.89. The van der Waals surface area contributed by atoms with Crippen LogP contribution in [0.2, 0.25) is 0 Å². The Morgan fingerprint density at radius 1 is 1.62 bits per heavy atom. The molecule has 0 aliphatic rings. The molecule has 0 aliphatic carbocycles. The molecule has 1 unspecified atom stereocenters. The summed E-state index contributed by atoms with van der Waals surface area (Å²) in [4.78, 5) is 0. The summed E-state index contributed by atoms with van der Waals surface area (Å²) >= 11 is 0. The monoisotopic (exact) mass is 120 g/mol. The van der Waals surface area contributed by atoms with Gasteiger partial charge in [0.1, 0.15) is 6.23 Å². The number of nitrogens with two attached hydrogens (primary N) is 1. The van der Waals surface area contributed by atoms with Gasteiger partial charge in [-0.15, -0.1) is 0 Å². The summed E-state index contributed by atoms with van der Waals surface area (Å²) in [5, 5.41) is 19.4. The van der Waals surface area contributed by atoms with Crippen LogP contribution in [0.4, 0.5) is 0 Å². The molecule has 5 N–H and O–H groups in total. The molecule has 0 saturated heterocycles. The third kappa shape index (κ3) is 4.01. The summed E-state index contributed by atoms with van der Waals surface area (Å²) in [5.41, 5.74) is 5.02. The molecule has 8 heavy (non-hydrogen) atoms. The minimum atomic E-state index is -0.679. The van der Waals surface area contributed by atoms with Crippen molar-refractivity contribution in [1.82, 2.24) is 5.32 Å². The summed E-state index contributed by atoms with van der Waals surface area (Å²) < 4.78 is 0. The van der Waals surface area contributed by atoms with Crippen LogP contribution in [-0.2, 0) is 0 Å². The number of aliphatic hydroxyl groups excluding tert-OH is 2. The van der Waals surface area contributed by atoms with Crippen LogP contribution in [0.3, 0.4) is 0 Å². The molecule has 0 fully saturated rings. The normalized spacial score (nSPS) is 13.9. The molecule has 1 atom stereocenters. The molecule has 0 aromatic rings. The highest BCUT2D eigenvalue weighted by atomic mass is 16.3. The van der Waals surface area contributed by atoms with Gasteiger partial charge in [-0.1, -0.05) is 0 Å². The molecule has 50 valence electrons. The lowest BCUT2D eigenvalue weighted by molar-refractivity contribution is 0.135. The van der Waals surface area contributed by atoms with Gasteiger partial charge in [0.2, 0.25) is 0 Å². The van der Waals surface area contributed by atoms with Gasteiger partial charge in [-0.25, -0.2) is 0 Å². The molecule has 4 nitrogen and oxygen atoms in total. The highest BCUT2D eigenvalue weighted by molar-refractivity contribution is 4.50. The second-order valence-corrected chi connectivity index (χ2v) is 1.43. The van der Waals surface area contributed by atoms with E-state index in [-0.39, 0.29) is 13.2 Å². The number of hydrogen-bond acceptors (Lipinski definition) is 4. The number of aliphatic hydroxyl groups is 2. The fourth-order valence-electron chi connectivity index (χ4n) is 0.314. The van der Waals surface area contributed by atoms with E-state index in [1.54, 1.807) is 0 Å². The molecule has 0 bridgehead atoms. The molecule has 0 aromatic heterocycles. The SMILES string of the molecule is NCC(O)NCCO. The van der Waals surface area contributed by atoms with Crippen LogP contribution in [0.1, 0.15) is 0 Å². The van der Waals surface area contributed by atoms with Crippen molar-refractivity contribution < 1.29 is 10.2 Å². The summed E-state index contributed by atoms with van der Waals surface area (Å²) in [6.07, 6.45) is -0.679. The van der Waals surface area contributed by atoms with Crippen molar-refractivity contribution in [3.8, 4) is 0 Å². The van der Waals surface area contributed by atoms with E-state index in [0.29, 0.717) is 6.54 Å². The van der Waals surface area contributed by atoms with E-state index in [1.165, 1.54) is 0 Å². The smallest absolute Gasteiger partial charge is 0.117 e. The Balaban J connectivity index is 2.86. The van der Waals surface area contributed by atoms with Crippen molar-refractivity contribution in [3.05, 3.63) is 0 Å². The first-order chi connectivity index (χ1) is 3.81. The highest BCUT2D eigenvalue weighted by Gasteiger charge is 1.94. The van der Waals surface area contributed by atoms with Gasteiger partial charge in [0.25, 0.3) is 0 Å². The van der Waals surface area contributed by atoms with Crippen molar-refractivity contribution in [3.63, 3.8) is 0 Å². The van der Waals surface area contributed by atoms with Crippen LogP contribution in [0.15, 0.2) is 0 Å². The Bertz CT molecular complexity index is 51.3. The second-order valence-electron chi connectivity index (χ2n) is 1.43. The van der Waals surface area contributed by atoms with Gasteiger partial charge in [-0.3, -0.25) is 5.32 Å². The topological polar surface area (TPSA) is 78.5 Å². The van der Waals surface area contributed by atoms with Gasteiger partial charge in [0.15, 0.2) is 0 Å². The minimum absolute atomic E-state index is 0.0249. The maximum atomic E-state index is 8.64. The van der Waals surface area contributed by atoms with Crippen LogP contribution in [0.25, 0.3) is 0 Å². The van der Waals surface area contributed by atoms with E-state index >= 15 is 0 Å². The van der Waals surface area contributed by atoms with Crippen molar-refractivity contribution in [2.75, 3.05) is 19.7 Å². The Morgan fingerprint density at radius 2 is 2.25 bits per heavy atom. The van der Waals surface area contributed by atoms with Crippen LogP contribution < -0.4 is 11.1 Å². The molecule has 4 heteroatoms. The Morgan fingerprint density at radius 3 is 2.62 bits per heavy atom. The van der Waals surface area contributed by atoms with Gasteiger partial charge in [-0.2, -0.15) is 0 Å². The molecule has 0 aromatic carbocycles. The van der Waals surface area contributed by atoms with Crippen LogP contribution >= 0.6 is 0 Å². The van der Waals surface area contributed by atoms with Gasteiger partial charge >= 0.3 is 0 Å². The third-order valence-corrected chi connectivity index (χ3v) is 0.715. The van der Waals surface area contributed by atoms with Gasteiger partial charge in [0.05, 0.1) is 6.61 Å². The highest BCUT2D eigenvalue weighted by Crippen LogP contribution is 1.66. The van der Waals surface area contributed by atoms with E-state index in [2.05, 4.69) is 5.32 Å². The molecule has 0 rings (SSSR count). The largest absolute Gasteiger partial charge is 0.395 e. The van der Waals surface area contributed by atoms with Crippen molar-refractivity contribution in [1.29, 1.82) is 0 Å². The maximum Gasteiger partial charge on any atom is 0.117 e. The number of rotatable bonds is 4. The van der Waals surface area contributed by atoms with E-state index in [9.17, 15) is 0 Å². The molecule has 0 aliphatic heterocycles. The van der Waals surface area contributed by atoms with Gasteiger partial charge in [-0.05, 0) is 0 Å². The van der Waals surface area contributed by atoms with Crippen molar-refractivity contribution >= 4 is 0 Å². The Hall–Kier alpha value is -0.160. The quantitative estimate of drug-likeness (QED) is 0.319. The molecular weight excluding hydrogens is 108 g/mol. The van der Waals surface area contributed by atoms with E-state index in [0.717, 1.165) is 0 Å². The van der Waals surface area contributed by atoms with E-state index < -0.39 is 6.23 Å². The average Bonchev–Trinajstić information content (AvgIpc) is 1.83. The van der Waals surface area contributed by atoms with Gasteiger partial charge < -0.3 is 15.9 Å². The van der Waals surface area contributed by atoms with Crippen LogP contribution in [0.5, 0.6) is 0 Å². The molecule has 0 saturated carbocycles. The lowest BCUT2D eigenvalue weighted by atomic mass is 10.5. The molecule has 0 radical (unpaired) electrons. The molecule has 0 amide bonds.